The molecule has 19 heavy (non-hydrogen) atoms. The van der Waals surface area contributed by atoms with Crippen molar-refractivity contribution >= 4 is 14.0 Å². The van der Waals surface area contributed by atoms with Crippen LogP contribution in [0.2, 0.25) is 18.1 Å². The van der Waals surface area contributed by atoms with Crippen LogP contribution in [-0.2, 0) is 4.43 Å². The van der Waals surface area contributed by atoms with Gasteiger partial charge in [0.25, 0.3) is 0 Å². The van der Waals surface area contributed by atoms with Gasteiger partial charge in [-0.05, 0) is 35.8 Å². The van der Waals surface area contributed by atoms with Gasteiger partial charge in [0.2, 0.25) is 0 Å². The summed E-state index contributed by atoms with van der Waals surface area (Å²) in [5.41, 5.74) is 6.60. The van der Waals surface area contributed by atoms with E-state index in [4.69, 9.17) is 10.2 Å². The molecule has 3 N–H and O–H groups in total. The Labute approximate surface area is 115 Å². The molecule has 104 valence electrons. The fourth-order valence-corrected chi connectivity index (χ4v) is 2.51. The van der Waals surface area contributed by atoms with Crippen LogP contribution in [0.15, 0.2) is 18.2 Å². The third kappa shape index (κ3) is 3.49. The fourth-order valence-electron chi connectivity index (χ4n) is 1.38. The van der Waals surface area contributed by atoms with Crippen molar-refractivity contribution in [1.82, 2.24) is 0 Å². The Kier molecular flexibility index (Phi) is 4.28. The molecule has 1 aromatic rings. The molecular weight excluding hydrogens is 256 g/mol. The molecule has 0 amide bonds. The first kappa shape index (κ1) is 15.5. The monoisotopic (exact) mass is 278 g/mol. The second-order valence-corrected chi connectivity index (χ2v) is 11.0. The van der Waals surface area contributed by atoms with Gasteiger partial charge in [0, 0.05) is 0 Å². The van der Waals surface area contributed by atoms with E-state index in [0.717, 1.165) is 0 Å². The molecule has 0 spiro atoms. The van der Waals surface area contributed by atoms with Crippen LogP contribution in [0.1, 0.15) is 32.4 Å². The molecule has 0 radical (unpaired) electrons. The number of phenolic OH excluding ortho intramolecular Hbond substituents is 1. The smallest absolute Gasteiger partial charge is 0.194 e. The van der Waals surface area contributed by atoms with Gasteiger partial charge in [-0.25, -0.2) is 0 Å². The second kappa shape index (κ2) is 5.23. The average Bonchev–Trinajstić information content (AvgIpc) is 2.28. The van der Waals surface area contributed by atoms with E-state index in [2.05, 4.69) is 39.9 Å². The number of aromatic hydroxyl groups is 1. The molecule has 1 atom stereocenters. The van der Waals surface area contributed by atoms with Crippen molar-refractivity contribution < 1.29 is 9.53 Å². The summed E-state index contributed by atoms with van der Waals surface area (Å²) >= 11 is 0. The molecule has 0 aromatic heterocycles. The van der Waals surface area contributed by atoms with Gasteiger partial charge in [0.05, 0.1) is 11.8 Å². The lowest BCUT2D eigenvalue weighted by Gasteiger charge is -2.37. The largest absolute Gasteiger partial charge is 0.506 e. The molecule has 0 aliphatic rings. The van der Waals surface area contributed by atoms with E-state index in [-0.39, 0.29) is 16.5 Å². The van der Waals surface area contributed by atoms with Crippen molar-refractivity contribution in [1.29, 1.82) is 5.26 Å². The van der Waals surface area contributed by atoms with E-state index in [9.17, 15) is 10.4 Å². The highest BCUT2D eigenvalue weighted by Gasteiger charge is 2.39. The van der Waals surface area contributed by atoms with Crippen LogP contribution in [0.5, 0.6) is 5.75 Å². The fraction of sp³-hybridized carbons (Fsp3) is 0.500. The van der Waals surface area contributed by atoms with Gasteiger partial charge >= 0.3 is 0 Å². The summed E-state index contributed by atoms with van der Waals surface area (Å²) < 4.78 is 6.07. The van der Waals surface area contributed by atoms with Crippen molar-refractivity contribution in [3.63, 3.8) is 0 Å². The molecule has 0 aliphatic carbocycles. The topological polar surface area (TPSA) is 79.3 Å². The summed E-state index contributed by atoms with van der Waals surface area (Å²) in [7, 11) is -2.03. The third-order valence-corrected chi connectivity index (χ3v) is 8.13. The van der Waals surface area contributed by atoms with Crippen molar-refractivity contribution in [3.05, 3.63) is 23.8 Å². The summed E-state index contributed by atoms with van der Waals surface area (Å²) in [6.07, 6.45) is -0.649. The molecular formula is C14H22N2O2Si. The van der Waals surface area contributed by atoms with Gasteiger partial charge in [0.15, 0.2) is 14.4 Å². The normalized spacial score (nSPS) is 13.9. The van der Waals surface area contributed by atoms with E-state index in [1.54, 1.807) is 12.1 Å². The van der Waals surface area contributed by atoms with Crippen LogP contribution in [0.4, 0.5) is 5.69 Å². The van der Waals surface area contributed by atoms with Crippen LogP contribution in [-0.4, -0.2) is 13.4 Å². The first-order chi connectivity index (χ1) is 8.58. The van der Waals surface area contributed by atoms with Gasteiger partial charge in [-0.3, -0.25) is 0 Å². The Morgan fingerprint density at radius 2 is 1.95 bits per heavy atom. The first-order valence-electron chi connectivity index (χ1n) is 6.24. The molecule has 1 rings (SSSR count). The standard InChI is InChI=1S/C14H22N2O2Si/c1-14(2,3)19(4,5)18-13(9-15)10-6-7-12(17)11(16)8-10/h6-8,13,17H,16H2,1-5H3. The van der Waals surface area contributed by atoms with E-state index < -0.39 is 14.4 Å². The molecule has 0 heterocycles. The lowest BCUT2D eigenvalue weighted by atomic mass is 10.1. The van der Waals surface area contributed by atoms with E-state index in [1.165, 1.54) is 6.07 Å². The molecule has 1 aromatic carbocycles. The van der Waals surface area contributed by atoms with Crippen molar-refractivity contribution in [2.45, 2.75) is 45.0 Å². The Bertz CT molecular complexity index is 501. The first-order valence-corrected chi connectivity index (χ1v) is 9.15. The van der Waals surface area contributed by atoms with Gasteiger partial charge in [-0.2, -0.15) is 5.26 Å². The second-order valence-electron chi connectivity index (χ2n) is 6.21. The number of hydrogen-bond acceptors (Lipinski definition) is 4. The highest BCUT2D eigenvalue weighted by atomic mass is 28.4. The predicted octanol–water partition coefficient (Wildman–Crippen LogP) is 3.56. The maximum absolute atomic E-state index is 9.42. The van der Waals surface area contributed by atoms with E-state index >= 15 is 0 Å². The number of anilines is 1. The number of nitrogen functional groups attached to an aromatic ring is 1. The highest BCUT2D eigenvalue weighted by Crippen LogP contribution is 2.40. The molecule has 5 heteroatoms. The van der Waals surface area contributed by atoms with Gasteiger partial charge in [0.1, 0.15) is 5.75 Å². The molecule has 0 aliphatic heterocycles. The summed E-state index contributed by atoms with van der Waals surface area (Å²) in [6, 6.07) is 6.93. The van der Waals surface area contributed by atoms with Crippen LogP contribution in [0.3, 0.4) is 0 Å². The molecule has 0 fully saturated rings. The zero-order chi connectivity index (χ0) is 14.8. The minimum Gasteiger partial charge on any atom is -0.506 e. The summed E-state index contributed by atoms with van der Waals surface area (Å²) in [5.74, 6) is 0.0211. The number of benzene rings is 1. The number of phenols is 1. The number of rotatable bonds is 3. The highest BCUT2D eigenvalue weighted by molar-refractivity contribution is 6.74. The Morgan fingerprint density at radius 3 is 2.37 bits per heavy atom. The summed E-state index contributed by atoms with van der Waals surface area (Å²) in [5, 5.41) is 18.8. The zero-order valence-electron chi connectivity index (χ0n) is 12.2. The third-order valence-electron chi connectivity index (χ3n) is 3.69. The van der Waals surface area contributed by atoms with Crippen molar-refractivity contribution in [2.75, 3.05) is 5.73 Å². The van der Waals surface area contributed by atoms with Gasteiger partial charge in [-0.1, -0.05) is 26.8 Å². The summed E-state index contributed by atoms with van der Waals surface area (Å²) in [6.45, 7) is 10.6. The molecule has 0 saturated heterocycles. The molecule has 1 unspecified atom stereocenters. The quantitative estimate of drug-likeness (QED) is 0.503. The van der Waals surface area contributed by atoms with Crippen LogP contribution in [0, 0.1) is 11.3 Å². The van der Waals surface area contributed by atoms with Gasteiger partial charge < -0.3 is 15.3 Å². The van der Waals surface area contributed by atoms with Gasteiger partial charge in [-0.15, -0.1) is 0 Å². The SMILES string of the molecule is CC(C)(C)[Si](C)(C)OC(C#N)c1ccc(O)c(N)c1. The van der Waals surface area contributed by atoms with E-state index in [1.807, 2.05) is 0 Å². The number of hydrogen-bond donors (Lipinski definition) is 2. The zero-order valence-corrected chi connectivity index (χ0v) is 13.2. The molecule has 0 bridgehead atoms. The van der Waals surface area contributed by atoms with Crippen LogP contribution >= 0.6 is 0 Å². The van der Waals surface area contributed by atoms with Crippen LogP contribution in [0.25, 0.3) is 0 Å². The van der Waals surface area contributed by atoms with Crippen molar-refractivity contribution in [3.8, 4) is 11.8 Å². The average molecular weight is 278 g/mol. The number of nitriles is 1. The maximum atomic E-state index is 9.42. The van der Waals surface area contributed by atoms with Crippen LogP contribution < -0.4 is 5.73 Å². The minimum absolute atomic E-state index is 0.0211. The number of nitrogens with zero attached hydrogens (tertiary/aromatic N) is 1. The lowest BCUT2D eigenvalue weighted by molar-refractivity contribution is 0.236. The maximum Gasteiger partial charge on any atom is 0.194 e. The molecule has 4 nitrogen and oxygen atoms in total. The molecule has 0 saturated carbocycles. The Morgan fingerprint density at radius 1 is 1.37 bits per heavy atom. The van der Waals surface area contributed by atoms with E-state index in [0.29, 0.717) is 5.56 Å². The van der Waals surface area contributed by atoms with Crippen molar-refractivity contribution in [2.24, 2.45) is 0 Å². The summed E-state index contributed by atoms with van der Waals surface area (Å²) in [4.78, 5) is 0. The predicted molar refractivity (Wildman–Crippen MR) is 79.2 cm³/mol. The lowest BCUT2D eigenvalue weighted by Crippen LogP contribution is -2.41. The Balaban J connectivity index is 3.03. The minimum atomic E-state index is -2.03. The Hall–Kier alpha value is -1.51. The number of nitrogens with two attached hydrogens (primary N) is 1.